The summed E-state index contributed by atoms with van der Waals surface area (Å²) in [7, 11) is 0. The minimum atomic E-state index is 0.890. The third-order valence-corrected chi connectivity index (χ3v) is 10.2. The van der Waals surface area contributed by atoms with E-state index in [9.17, 15) is 0 Å². The Morgan fingerprint density at radius 1 is 0.533 bits per heavy atom. The lowest BCUT2D eigenvalue weighted by atomic mass is 9.91. The highest BCUT2D eigenvalue weighted by atomic mass is 32.1. The smallest absolute Gasteiger partial charge is 0.137 e. The fourth-order valence-corrected chi connectivity index (χ4v) is 8.08. The Bertz CT molecular complexity index is 2380. The number of furan rings is 1. The molecule has 45 heavy (non-hydrogen) atoms. The van der Waals surface area contributed by atoms with Crippen LogP contribution in [-0.4, -0.2) is 0 Å². The molecule has 0 radical (unpaired) electrons. The monoisotopic (exact) mass is 595 g/mol. The molecule has 0 unspecified atom stereocenters. The van der Waals surface area contributed by atoms with Gasteiger partial charge in [-0.05, 0) is 101 Å². The lowest BCUT2D eigenvalue weighted by Gasteiger charge is -2.27. The van der Waals surface area contributed by atoms with Crippen molar-refractivity contribution in [1.82, 2.24) is 0 Å². The van der Waals surface area contributed by atoms with Crippen molar-refractivity contribution < 1.29 is 4.42 Å². The molecule has 0 amide bonds. The average molecular weight is 596 g/mol. The summed E-state index contributed by atoms with van der Waals surface area (Å²) in [6.07, 6.45) is 4.55. The number of aryl methyl sites for hydroxylation is 1. The first-order valence-corrected chi connectivity index (χ1v) is 16.3. The summed E-state index contributed by atoms with van der Waals surface area (Å²) in [6.45, 7) is 0. The van der Waals surface area contributed by atoms with Gasteiger partial charge in [-0.2, -0.15) is 0 Å². The summed E-state index contributed by atoms with van der Waals surface area (Å²) in [5, 5.41) is 3.66. The highest BCUT2D eigenvalue weighted by Crippen LogP contribution is 2.44. The van der Waals surface area contributed by atoms with Crippen molar-refractivity contribution in [3.63, 3.8) is 0 Å². The molecule has 0 atom stereocenters. The average Bonchev–Trinajstić information content (AvgIpc) is 3.68. The Balaban J connectivity index is 1.18. The topological polar surface area (TPSA) is 16.4 Å². The van der Waals surface area contributed by atoms with Crippen LogP contribution in [0, 0.1) is 0 Å². The fourth-order valence-electron chi connectivity index (χ4n) is 6.86. The molecule has 2 heterocycles. The van der Waals surface area contributed by atoms with Gasteiger partial charge in [0.05, 0.1) is 11.1 Å². The van der Waals surface area contributed by atoms with Crippen molar-refractivity contribution in [2.24, 2.45) is 0 Å². The predicted octanol–water partition coefficient (Wildman–Crippen LogP) is 12.4. The van der Waals surface area contributed by atoms with Gasteiger partial charge in [-0.15, -0.1) is 11.3 Å². The van der Waals surface area contributed by atoms with E-state index in [-0.39, 0.29) is 0 Å². The van der Waals surface area contributed by atoms with Gasteiger partial charge in [0.2, 0.25) is 0 Å². The first kappa shape index (κ1) is 26.1. The van der Waals surface area contributed by atoms with E-state index in [1.54, 1.807) is 0 Å². The number of anilines is 3. The largest absolute Gasteiger partial charge is 0.456 e. The number of rotatable bonds is 5. The zero-order valence-electron chi connectivity index (χ0n) is 24.6. The molecule has 6 aromatic carbocycles. The maximum atomic E-state index is 6.32. The van der Waals surface area contributed by atoms with E-state index in [1.165, 1.54) is 42.8 Å². The van der Waals surface area contributed by atoms with Gasteiger partial charge in [0.15, 0.2) is 0 Å². The van der Waals surface area contributed by atoms with Crippen LogP contribution in [0.2, 0.25) is 0 Å². The Morgan fingerprint density at radius 3 is 2.16 bits per heavy atom. The van der Waals surface area contributed by atoms with Gasteiger partial charge in [0.1, 0.15) is 11.2 Å². The van der Waals surface area contributed by atoms with E-state index in [4.69, 9.17) is 4.42 Å². The van der Waals surface area contributed by atoms with Crippen LogP contribution in [-0.2, 0) is 6.42 Å². The van der Waals surface area contributed by atoms with Gasteiger partial charge in [-0.3, -0.25) is 0 Å². The molecule has 1 aliphatic rings. The SMILES string of the molecule is C1=C(c2ccc(N(c3cccc(-c4ccccc4)c3)c3cccc4oc5ccccc5c34)cc2)CCc2c1sc1ccccc21. The molecule has 0 N–H and O–H groups in total. The van der Waals surface area contributed by atoms with Gasteiger partial charge in [0, 0.05) is 26.3 Å². The molecule has 8 aromatic rings. The summed E-state index contributed by atoms with van der Waals surface area (Å²) in [6, 6.07) is 52.1. The minimum absolute atomic E-state index is 0.890. The van der Waals surface area contributed by atoms with Crippen LogP contribution < -0.4 is 4.90 Å². The number of para-hydroxylation sites is 1. The Labute approximate surface area is 266 Å². The maximum absolute atomic E-state index is 6.32. The highest BCUT2D eigenvalue weighted by molar-refractivity contribution is 7.20. The number of allylic oxidation sites excluding steroid dienone is 1. The van der Waals surface area contributed by atoms with Crippen LogP contribution >= 0.6 is 11.3 Å². The second kappa shape index (κ2) is 10.7. The second-order valence-corrected chi connectivity index (χ2v) is 12.7. The van der Waals surface area contributed by atoms with E-state index in [2.05, 4.69) is 144 Å². The normalized spacial score (nSPS) is 12.8. The lowest BCUT2D eigenvalue weighted by Crippen LogP contribution is -2.10. The van der Waals surface area contributed by atoms with Crippen LogP contribution in [0.5, 0.6) is 0 Å². The first-order valence-electron chi connectivity index (χ1n) is 15.5. The van der Waals surface area contributed by atoms with E-state index in [0.29, 0.717) is 0 Å². The quantitative estimate of drug-likeness (QED) is 0.197. The molecular weight excluding hydrogens is 567 g/mol. The van der Waals surface area contributed by atoms with Crippen LogP contribution in [0.25, 0.3) is 54.8 Å². The summed E-state index contributed by atoms with van der Waals surface area (Å²) in [4.78, 5) is 3.78. The Morgan fingerprint density at radius 2 is 1.27 bits per heavy atom. The molecule has 2 aromatic heterocycles. The zero-order valence-corrected chi connectivity index (χ0v) is 25.4. The van der Waals surface area contributed by atoms with Crippen LogP contribution in [0.4, 0.5) is 17.1 Å². The number of fused-ring (bicyclic) bond motifs is 6. The summed E-state index contributed by atoms with van der Waals surface area (Å²) in [5.74, 6) is 0. The van der Waals surface area contributed by atoms with E-state index >= 15 is 0 Å². The molecule has 3 heteroatoms. The fraction of sp³-hybridized carbons (Fsp3) is 0.0476. The highest BCUT2D eigenvalue weighted by Gasteiger charge is 2.21. The van der Waals surface area contributed by atoms with Crippen molar-refractivity contribution in [2.45, 2.75) is 12.8 Å². The molecule has 0 saturated heterocycles. The first-order chi connectivity index (χ1) is 22.3. The van der Waals surface area contributed by atoms with E-state index in [0.717, 1.165) is 51.8 Å². The molecule has 0 bridgehead atoms. The van der Waals surface area contributed by atoms with E-state index < -0.39 is 0 Å². The van der Waals surface area contributed by atoms with Gasteiger partial charge >= 0.3 is 0 Å². The molecule has 214 valence electrons. The number of hydrogen-bond acceptors (Lipinski definition) is 3. The Kier molecular flexibility index (Phi) is 6.17. The van der Waals surface area contributed by atoms with Gasteiger partial charge in [-0.25, -0.2) is 0 Å². The van der Waals surface area contributed by atoms with Gasteiger partial charge < -0.3 is 9.32 Å². The predicted molar refractivity (Wildman–Crippen MR) is 192 cm³/mol. The summed E-state index contributed by atoms with van der Waals surface area (Å²) >= 11 is 1.91. The molecule has 0 aliphatic heterocycles. The zero-order chi connectivity index (χ0) is 29.7. The van der Waals surface area contributed by atoms with Gasteiger partial charge in [0.25, 0.3) is 0 Å². The summed E-state index contributed by atoms with van der Waals surface area (Å²) < 4.78 is 7.70. The second-order valence-electron chi connectivity index (χ2n) is 11.7. The van der Waals surface area contributed by atoms with Crippen LogP contribution in [0.1, 0.15) is 22.4 Å². The van der Waals surface area contributed by atoms with Crippen molar-refractivity contribution >= 4 is 72.1 Å². The third kappa shape index (κ3) is 4.47. The maximum Gasteiger partial charge on any atom is 0.137 e. The number of nitrogens with zero attached hydrogens (tertiary/aromatic N) is 1. The lowest BCUT2D eigenvalue weighted by molar-refractivity contribution is 0.669. The van der Waals surface area contributed by atoms with Crippen molar-refractivity contribution in [1.29, 1.82) is 0 Å². The molecular formula is C42H29NOS. The molecule has 0 spiro atoms. The summed E-state index contributed by atoms with van der Waals surface area (Å²) in [5.41, 5.74) is 11.7. The van der Waals surface area contributed by atoms with E-state index in [1.807, 2.05) is 23.5 Å². The van der Waals surface area contributed by atoms with Crippen molar-refractivity contribution in [3.8, 4) is 11.1 Å². The van der Waals surface area contributed by atoms with Crippen LogP contribution in [0.3, 0.4) is 0 Å². The number of hydrogen-bond donors (Lipinski definition) is 0. The molecule has 9 rings (SSSR count). The molecule has 1 aliphatic carbocycles. The van der Waals surface area contributed by atoms with Crippen molar-refractivity contribution in [2.75, 3.05) is 4.90 Å². The Hall–Kier alpha value is -5.38. The number of thiophene rings is 1. The third-order valence-electron chi connectivity index (χ3n) is 9.01. The van der Waals surface area contributed by atoms with Crippen molar-refractivity contribution in [3.05, 3.63) is 162 Å². The molecule has 0 fully saturated rings. The van der Waals surface area contributed by atoms with Crippen LogP contribution in [0.15, 0.2) is 150 Å². The number of benzene rings is 6. The standard InChI is InChI=1S/C42H29NOS/c1-2-10-28(11-3-1)30-12-8-13-33(26-30)43(37-16-9-18-39-42(37)36-15-4-6-17-38(36)44-39)32-23-20-29(21-24-32)31-22-25-35-34-14-5-7-19-40(34)45-41(35)27-31/h1-21,23-24,26-27H,22,25H2. The minimum Gasteiger partial charge on any atom is -0.456 e. The van der Waals surface area contributed by atoms with Gasteiger partial charge in [-0.1, -0.05) is 97.1 Å². The molecule has 0 saturated carbocycles. The molecule has 2 nitrogen and oxygen atoms in total.